The fraction of sp³-hybridized carbons (Fsp3) is 0.938. The molecule has 0 saturated carbocycles. The molecule has 0 aliphatic carbocycles. The maximum absolute atomic E-state index is 11.9. The van der Waals surface area contributed by atoms with Crippen LogP contribution in [0.5, 0.6) is 0 Å². The van der Waals surface area contributed by atoms with Crippen LogP contribution in [0.3, 0.4) is 0 Å². The highest BCUT2D eigenvalue weighted by molar-refractivity contribution is 5.75. The molecular weight excluding hydrogens is 252 g/mol. The second-order valence-electron chi connectivity index (χ2n) is 6.93. The lowest BCUT2D eigenvalue weighted by atomic mass is 9.77. The predicted octanol–water partition coefficient (Wildman–Crippen LogP) is 2.23. The fourth-order valence-electron chi connectivity index (χ4n) is 3.25. The van der Waals surface area contributed by atoms with Gasteiger partial charge in [-0.3, -0.25) is 4.79 Å². The molecule has 0 bridgehead atoms. The molecular formula is C16H30N2O2. The number of piperidine rings is 1. The number of carbonyl (C=O) groups excluding carboxylic acids is 1. The number of hydrogen-bond donors (Lipinski definition) is 2. The van der Waals surface area contributed by atoms with Crippen molar-refractivity contribution in [2.45, 2.75) is 70.9 Å². The van der Waals surface area contributed by atoms with Crippen LogP contribution < -0.4 is 10.6 Å². The zero-order valence-electron chi connectivity index (χ0n) is 13.0. The van der Waals surface area contributed by atoms with Crippen molar-refractivity contribution in [3.63, 3.8) is 0 Å². The second-order valence-corrected chi connectivity index (χ2v) is 6.93. The summed E-state index contributed by atoms with van der Waals surface area (Å²) in [6.45, 7) is 7.25. The highest BCUT2D eigenvalue weighted by Crippen LogP contribution is 2.29. The van der Waals surface area contributed by atoms with Crippen molar-refractivity contribution in [2.75, 3.05) is 19.7 Å². The van der Waals surface area contributed by atoms with Gasteiger partial charge < -0.3 is 15.4 Å². The first-order valence-electron chi connectivity index (χ1n) is 8.19. The van der Waals surface area contributed by atoms with Gasteiger partial charge in [0.05, 0.1) is 6.10 Å². The summed E-state index contributed by atoms with van der Waals surface area (Å²) in [5, 5.41) is 6.62. The summed E-state index contributed by atoms with van der Waals surface area (Å²) in [7, 11) is 0. The first kappa shape index (κ1) is 15.8. The number of rotatable bonds is 5. The van der Waals surface area contributed by atoms with Crippen molar-refractivity contribution in [2.24, 2.45) is 5.41 Å². The Morgan fingerprint density at radius 3 is 2.90 bits per heavy atom. The van der Waals surface area contributed by atoms with Crippen molar-refractivity contribution in [1.82, 2.24) is 10.6 Å². The Bertz CT molecular complexity index is 312. The molecule has 0 aromatic carbocycles. The lowest BCUT2D eigenvalue weighted by molar-refractivity contribution is -0.122. The molecule has 0 aromatic rings. The third-order valence-corrected chi connectivity index (χ3v) is 4.80. The highest BCUT2D eigenvalue weighted by Gasteiger charge is 2.31. The van der Waals surface area contributed by atoms with Gasteiger partial charge in [0.2, 0.25) is 5.91 Å². The SMILES string of the molecule is CC1(C)CCCNC1CNC(=O)CCC1CCCCO1. The summed E-state index contributed by atoms with van der Waals surface area (Å²) < 4.78 is 5.66. The van der Waals surface area contributed by atoms with Gasteiger partial charge in [0.25, 0.3) is 0 Å². The number of amides is 1. The van der Waals surface area contributed by atoms with E-state index in [1.807, 2.05) is 0 Å². The molecule has 2 heterocycles. The van der Waals surface area contributed by atoms with Crippen LogP contribution in [0.15, 0.2) is 0 Å². The second kappa shape index (κ2) is 7.41. The molecule has 2 aliphatic heterocycles. The van der Waals surface area contributed by atoms with Crippen molar-refractivity contribution < 1.29 is 9.53 Å². The molecule has 4 nitrogen and oxygen atoms in total. The van der Waals surface area contributed by atoms with Crippen molar-refractivity contribution in [3.8, 4) is 0 Å². The average molecular weight is 282 g/mol. The van der Waals surface area contributed by atoms with Crippen LogP contribution in [0.4, 0.5) is 0 Å². The third kappa shape index (κ3) is 4.74. The van der Waals surface area contributed by atoms with Gasteiger partial charge in [-0.2, -0.15) is 0 Å². The van der Waals surface area contributed by atoms with Gasteiger partial charge in [0, 0.05) is 25.6 Å². The van der Waals surface area contributed by atoms with Gasteiger partial charge in [0.1, 0.15) is 0 Å². The normalized spacial score (nSPS) is 29.9. The van der Waals surface area contributed by atoms with E-state index >= 15 is 0 Å². The standard InChI is InChI=1S/C16H30N2O2/c1-16(2)9-5-10-17-14(16)12-18-15(19)8-7-13-6-3-4-11-20-13/h13-14,17H,3-12H2,1-2H3,(H,18,19). The van der Waals surface area contributed by atoms with E-state index in [1.54, 1.807) is 0 Å². The molecule has 0 spiro atoms. The third-order valence-electron chi connectivity index (χ3n) is 4.80. The van der Waals surface area contributed by atoms with Crippen LogP contribution in [0.2, 0.25) is 0 Å². The van der Waals surface area contributed by atoms with Crippen molar-refractivity contribution in [3.05, 3.63) is 0 Å². The zero-order valence-corrected chi connectivity index (χ0v) is 13.0. The van der Waals surface area contributed by atoms with Gasteiger partial charge in [-0.05, 0) is 50.5 Å². The molecule has 2 saturated heterocycles. The van der Waals surface area contributed by atoms with Gasteiger partial charge in [-0.25, -0.2) is 0 Å². The Kier molecular flexibility index (Phi) is 5.85. The van der Waals surface area contributed by atoms with E-state index in [-0.39, 0.29) is 11.3 Å². The summed E-state index contributed by atoms with van der Waals surface area (Å²) in [5.74, 6) is 0.169. The Labute approximate surface area is 123 Å². The molecule has 2 atom stereocenters. The molecule has 2 fully saturated rings. The van der Waals surface area contributed by atoms with E-state index in [1.165, 1.54) is 25.7 Å². The van der Waals surface area contributed by atoms with E-state index in [2.05, 4.69) is 24.5 Å². The van der Waals surface area contributed by atoms with E-state index in [0.29, 0.717) is 18.6 Å². The predicted molar refractivity (Wildman–Crippen MR) is 80.6 cm³/mol. The molecule has 2 unspecified atom stereocenters. The number of carbonyl (C=O) groups is 1. The molecule has 0 aromatic heterocycles. The summed E-state index contributed by atoms with van der Waals surface area (Å²) >= 11 is 0. The largest absolute Gasteiger partial charge is 0.378 e. The van der Waals surface area contributed by atoms with Gasteiger partial charge in [-0.15, -0.1) is 0 Å². The molecule has 4 heteroatoms. The molecule has 20 heavy (non-hydrogen) atoms. The van der Waals surface area contributed by atoms with E-state index in [0.717, 1.165) is 32.5 Å². The minimum Gasteiger partial charge on any atom is -0.378 e. The van der Waals surface area contributed by atoms with Gasteiger partial charge in [-0.1, -0.05) is 13.8 Å². The molecule has 0 radical (unpaired) electrons. The molecule has 2 N–H and O–H groups in total. The maximum Gasteiger partial charge on any atom is 0.220 e. The molecule has 116 valence electrons. The van der Waals surface area contributed by atoms with Crippen LogP contribution in [0, 0.1) is 5.41 Å². The Balaban J connectivity index is 1.64. The van der Waals surface area contributed by atoms with Crippen molar-refractivity contribution in [1.29, 1.82) is 0 Å². The minimum atomic E-state index is 0.169. The molecule has 2 rings (SSSR count). The number of ether oxygens (including phenoxy) is 1. The van der Waals surface area contributed by atoms with Crippen LogP contribution in [0.25, 0.3) is 0 Å². The molecule has 1 amide bonds. The van der Waals surface area contributed by atoms with Crippen LogP contribution in [0.1, 0.15) is 58.8 Å². The van der Waals surface area contributed by atoms with E-state index in [4.69, 9.17) is 4.74 Å². The monoisotopic (exact) mass is 282 g/mol. The summed E-state index contributed by atoms with van der Waals surface area (Å²) in [4.78, 5) is 11.9. The average Bonchev–Trinajstić information content (AvgIpc) is 2.44. The van der Waals surface area contributed by atoms with E-state index < -0.39 is 0 Å². The topological polar surface area (TPSA) is 50.4 Å². The zero-order chi connectivity index (χ0) is 14.4. The lowest BCUT2D eigenvalue weighted by Crippen LogP contribution is -2.52. The summed E-state index contributed by atoms with van der Waals surface area (Å²) in [6.07, 6.45) is 7.76. The Morgan fingerprint density at radius 2 is 2.20 bits per heavy atom. The van der Waals surface area contributed by atoms with Crippen LogP contribution in [-0.2, 0) is 9.53 Å². The summed E-state index contributed by atoms with van der Waals surface area (Å²) in [6, 6.07) is 0.395. The van der Waals surface area contributed by atoms with Crippen molar-refractivity contribution >= 4 is 5.91 Å². The molecule has 2 aliphatic rings. The van der Waals surface area contributed by atoms with Gasteiger partial charge >= 0.3 is 0 Å². The Hall–Kier alpha value is -0.610. The van der Waals surface area contributed by atoms with Crippen LogP contribution in [-0.4, -0.2) is 37.7 Å². The highest BCUT2D eigenvalue weighted by atomic mass is 16.5. The quantitative estimate of drug-likeness (QED) is 0.813. The number of nitrogens with one attached hydrogen (secondary N) is 2. The maximum atomic E-state index is 11.9. The smallest absolute Gasteiger partial charge is 0.220 e. The van der Waals surface area contributed by atoms with E-state index in [9.17, 15) is 4.79 Å². The first-order chi connectivity index (χ1) is 9.58. The fourth-order valence-corrected chi connectivity index (χ4v) is 3.25. The van der Waals surface area contributed by atoms with Gasteiger partial charge in [0.15, 0.2) is 0 Å². The van der Waals surface area contributed by atoms with Crippen LogP contribution >= 0.6 is 0 Å². The minimum absolute atomic E-state index is 0.169. The summed E-state index contributed by atoms with van der Waals surface area (Å²) in [5.41, 5.74) is 0.276. The Morgan fingerprint density at radius 1 is 1.35 bits per heavy atom. The first-order valence-corrected chi connectivity index (χ1v) is 8.19. The lowest BCUT2D eigenvalue weighted by Gasteiger charge is -2.39. The number of hydrogen-bond acceptors (Lipinski definition) is 3.